The van der Waals surface area contributed by atoms with Crippen LogP contribution >= 0.6 is 0 Å². The van der Waals surface area contributed by atoms with Crippen LogP contribution in [0.1, 0.15) is 24.7 Å². The van der Waals surface area contributed by atoms with Crippen molar-refractivity contribution in [2.45, 2.75) is 25.2 Å². The summed E-state index contributed by atoms with van der Waals surface area (Å²) in [6, 6.07) is 9.71. The molecule has 1 heterocycles. The maximum Gasteiger partial charge on any atom is 0.308 e. The minimum Gasteiger partial charge on any atom is -0.469 e. The SMILES string of the molecule is COC(=O)C[C@H]1CCO[C@@H](c2ccccc2)O1. The highest BCUT2D eigenvalue weighted by Crippen LogP contribution is 2.27. The first-order chi connectivity index (χ1) is 8.29. The molecule has 0 N–H and O–H groups in total. The molecule has 0 unspecified atom stereocenters. The van der Waals surface area contributed by atoms with E-state index in [-0.39, 0.29) is 24.8 Å². The van der Waals surface area contributed by atoms with Crippen LogP contribution in [-0.4, -0.2) is 25.8 Å². The van der Waals surface area contributed by atoms with Gasteiger partial charge in [-0.25, -0.2) is 0 Å². The Morgan fingerprint density at radius 2 is 2.18 bits per heavy atom. The van der Waals surface area contributed by atoms with E-state index in [9.17, 15) is 4.79 Å². The first kappa shape index (κ1) is 12.1. The first-order valence-corrected chi connectivity index (χ1v) is 5.68. The van der Waals surface area contributed by atoms with E-state index >= 15 is 0 Å². The third kappa shape index (κ3) is 3.28. The number of benzene rings is 1. The monoisotopic (exact) mass is 236 g/mol. The van der Waals surface area contributed by atoms with Crippen molar-refractivity contribution in [1.82, 2.24) is 0 Å². The van der Waals surface area contributed by atoms with E-state index in [1.54, 1.807) is 0 Å². The van der Waals surface area contributed by atoms with Crippen LogP contribution in [0.5, 0.6) is 0 Å². The maximum absolute atomic E-state index is 11.2. The molecule has 1 aliphatic rings. The predicted molar refractivity (Wildman–Crippen MR) is 61.3 cm³/mol. The lowest BCUT2D eigenvalue weighted by Crippen LogP contribution is -2.29. The number of methoxy groups -OCH3 is 1. The number of carbonyl (C=O) groups is 1. The van der Waals surface area contributed by atoms with Crippen LogP contribution in [0.2, 0.25) is 0 Å². The third-order valence-corrected chi connectivity index (χ3v) is 2.72. The molecule has 2 atom stereocenters. The van der Waals surface area contributed by atoms with Gasteiger partial charge in [0, 0.05) is 5.56 Å². The van der Waals surface area contributed by atoms with Gasteiger partial charge >= 0.3 is 5.97 Å². The summed E-state index contributed by atoms with van der Waals surface area (Å²) in [5.41, 5.74) is 0.974. The van der Waals surface area contributed by atoms with Crippen molar-refractivity contribution in [1.29, 1.82) is 0 Å². The second-order valence-corrected chi connectivity index (χ2v) is 3.94. The van der Waals surface area contributed by atoms with E-state index in [1.807, 2.05) is 30.3 Å². The molecule has 0 amide bonds. The Bertz CT molecular complexity index is 363. The molecule has 0 spiro atoms. The van der Waals surface area contributed by atoms with Crippen LogP contribution in [0.3, 0.4) is 0 Å². The van der Waals surface area contributed by atoms with Crippen molar-refractivity contribution < 1.29 is 19.0 Å². The van der Waals surface area contributed by atoms with Gasteiger partial charge in [0.25, 0.3) is 0 Å². The minimum atomic E-state index is -0.375. The van der Waals surface area contributed by atoms with Crippen LogP contribution < -0.4 is 0 Å². The fourth-order valence-corrected chi connectivity index (χ4v) is 1.79. The molecule has 0 saturated carbocycles. The molecule has 1 aliphatic heterocycles. The molecule has 4 nitrogen and oxygen atoms in total. The Morgan fingerprint density at radius 3 is 2.88 bits per heavy atom. The molecule has 1 aromatic carbocycles. The number of ether oxygens (including phenoxy) is 3. The second kappa shape index (κ2) is 5.80. The standard InChI is InChI=1S/C13H16O4/c1-15-12(14)9-11-7-8-16-13(17-11)10-5-3-2-4-6-10/h2-6,11,13H,7-9H2,1H3/t11-,13-/m1/s1. The molecule has 0 aromatic heterocycles. The van der Waals surface area contributed by atoms with E-state index in [4.69, 9.17) is 9.47 Å². The Kier molecular flexibility index (Phi) is 4.12. The molecule has 1 fully saturated rings. The number of esters is 1. The van der Waals surface area contributed by atoms with Gasteiger partial charge in [-0.05, 0) is 6.42 Å². The van der Waals surface area contributed by atoms with Crippen molar-refractivity contribution >= 4 is 5.97 Å². The summed E-state index contributed by atoms with van der Waals surface area (Å²) in [7, 11) is 1.39. The van der Waals surface area contributed by atoms with Crippen molar-refractivity contribution in [3.63, 3.8) is 0 Å². The molecule has 17 heavy (non-hydrogen) atoms. The molecule has 2 rings (SSSR count). The number of hydrogen-bond acceptors (Lipinski definition) is 4. The van der Waals surface area contributed by atoms with Gasteiger partial charge in [-0.2, -0.15) is 0 Å². The van der Waals surface area contributed by atoms with E-state index in [2.05, 4.69) is 4.74 Å². The minimum absolute atomic E-state index is 0.124. The van der Waals surface area contributed by atoms with Crippen LogP contribution in [0.25, 0.3) is 0 Å². The Morgan fingerprint density at radius 1 is 1.41 bits per heavy atom. The summed E-state index contributed by atoms with van der Waals surface area (Å²) >= 11 is 0. The molecule has 92 valence electrons. The zero-order valence-corrected chi connectivity index (χ0v) is 9.80. The summed E-state index contributed by atoms with van der Waals surface area (Å²) in [6.45, 7) is 0.598. The lowest BCUT2D eigenvalue weighted by molar-refractivity contribution is -0.219. The van der Waals surface area contributed by atoms with Gasteiger partial charge in [0.05, 0.1) is 26.2 Å². The van der Waals surface area contributed by atoms with Crippen LogP contribution in [0, 0.1) is 0 Å². The Hall–Kier alpha value is -1.39. The quantitative estimate of drug-likeness (QED) is 0.753. The van der Waals surface area contributed by atoms with Crippen LogP contribution in [0.4, 0.5) is 0 Å². The summed E-state index contributed by atoms with van der Waals surface area (Å²) in [4.78, 5) is 11.2. The average Bonchev–Trinajstić information content (AvgIpc) is 2.40. The smallest absolute Gasteiger partial charge is 0.308 e. The topological polar surface area (TPSA) is 44.8 Å². The van der Waals surface area contributed by atoms with Crippen molar-refractivity contribution in [3.05, 3.63) is 35.9 Å². The number of rotatable bonds is 3. The van der Waals surface area contributed by atoms with Gasteiger partial charge in [-0.3, -0.25) is 4.79 Å². The molecule has 0 radical (unpaired) electrons. The van der Waals surface area contributed by atoms with Crippen LogP contribution in [-0.2, 0) is 19.0 Å². The van der Waals surface area contributed by atoms with Crippen molar-refractivity contribution in [2.24, 2.45) is 0 Å². The van der Waals surface area contributed by atoms with E-state index in [0.29, 0.717) is 6.61 Å². The van der Waals surface area contributed by atoms with Gasteiger partial charge < -0.3 is 14.2 Å². The van der Waals surface area contributed by atoms with E-state index in [0.717, 1.165) is 12.0 Å². The Labute approximate surface area is 100 Å². The second-order valence-electron chi connectivity index (χ2n) is 3.94. The summed E-state index contributed by atoms with van der Waals surface area (Å²) in [6.07, 6.45) is 0.503. The zero-order chi connectivity index (χ0) is 12.1. The number of carbonyl (C=O) groups excluding carboxylic acids is 1. The van der Waals surface area contributed by atoms with Gasteiger partial charge in [0.2, 0.25) is 0 Å². The summed E-state index contributed by atoms with van der Waals surface area (Å²) < 4.78 is 15.9. The zero-order valence-electron chi connectivity index (χ0n) is 9.80. The molecular weight excluding hydrogens is 220 g/mol. The highest BCUT2D eigenvalue weighted by Gasteiger charge is 2.26. The van der Waals surface area contributed by atoms with Gasteiger partial charge in [0.1, 0.15) is 0 Å². The van der Waals surface area contributed by atoms with E-state index in [1.165, 1.54) is 7.11 Å². The molecule has 0 bridgehead atoms. The molecule has 1 aromatic rings. The average molecular weight is 236 g/mol. The highest BCUT2D eigenvalue weighted by atomic mass is 16.7. The fourth-order valence-electron chi connectivity index (χ4n) is 1.79. The highest BCUT2D eigenvalue weighted by molar-refractivity contribution is 5.69. The summed E-state index contributed by atoms with van der Waals surface area (Å²) in [5.74, 6) is -0.247. The lowest BCUT2D eigenvalue weighted by atomic mass is 10.1. The lowest BCUT2D eigenvalue weighted by Gasteiger charge is -2.29. The van der Waals surface area contributed by atoms with E-state index < -0.39 is 0 Å². The van der Waals surface area contributed by atoms with Crippen molar-refractivity contribution in [3.8, 4) is 0 Å². The van der Waals surface area contributed by atoms with Crippen LogP contribution in [0.15, 0.2) is 30.3 Å². The van der Waals surface area contributed by atoms with Gasteiger partial charge in [-0.15, -0.1) is 0 Å². The van der Waals surface area contributed by atoms with Crippen molar-refractivity contribution in [2.75, 3.05) is 13.7 Å². The first-order valence-electron chi connectivity index (χ1n) is 5.68. The number of hydrogen-bond donors (Lipinski definition) is 0. The molecule has 4 heteroatoms. The summed E-state index contributed by atoms with van der Waals surface area (Å²) in [5, 5.41) is 0. The van der Waals surface area contributed by atoms with Gasteiger partial charge in [-0.1, -0.05) is 30.3 Å². The normalized spacial score (nSPS) is 24.3. The third-order valence-electron chi connectivity index (χ3n) is 2.72. The largest absolute Gasteiger partial charge is 0.469 e. The predicted octanol–water partition coefficient (Wildman–Crippen LogP) is 2.05. The molecule has 0 aliphatic carbocycles. The molecule has 1 saturated heterocycles. The Balaban J connectivity index is 1.95. The molecular formula is C13H16O4. The van der Waals surface area contributed by atoms with Gasteiger partial charge in [0.15, 0.2) is 6.29 Å². The fraction of sp³-hybridized carbons (Fsp3) is 0.462. The maximum atomic E-state index is 11.2.